The Hall–Kier alpha value is -3.81. The summed E-state index contributed by atoms with van der Waals surface area (Å²) in [5.74, 6) is -0.621. The molecule has 4 amide bonds. The van der Waals surface area contributed by atoms with E-state index in [2.05, 4.69) is 5.32 Å². The lowest BCUT2D eigenvalue weighted by Crippen LogP contribution is -2.54. The number of hydrogen-bond acceptors (Lipinski definition) is 5. The number of nitrogens with zero attached hydrogens (tertiary/aromatic N) is 1. The molecule has 7 nitrogen and oxygen atoms in total. The first-order valence-corrected chi connectivity index (χ1v) is 10.8. The van der Waals surface area contributed by atoms with Crippen molar-refractivity contribution < 1.29 is 23.9 Å². The van der Waals surface area contributed by atoms with Gasteiger partial charge >= 0.3 is 6.03 Å². The van der Waals surface area contributed by atoms with Gasteiger partial charge in [0.05, 0.1) is 12.8 Å². The van der Waals surface area contributed by atoms with Gasteiger partial charge in [0.25, 0.3) is 11.8 Å². The molecule has 0 aliphatic carbocycles. The Labute approximate surface area is 205 Å². The van der Waals surface area contributed by atoms with Crippen molar-refractivity contribution in [3.8, 4) is 11.5 Å². The molecule has 1 N–H and O–H groups in total. The van der Waals surface area contributed by atoms with Crippen molar-refractivity contribution in [2.75, 3.05) is 12.0 Å². The second-order valence-electron chi connectivity index (χ2n) is 7.25. The average molecular weight is 497 g/mol. The number of imide groups is 2. The molecule has 0 bridgehead atoms. The van der Waals surface area contributed by atoms with Crippen LogP contribution in [0.1, 0.15) is 11.1 Å². The van der Waals surface area contributed by atoms with Gasteiger partial charge in [-0.25, -0.2) is 9.69 Å². The fraction of sp³-hybridized carbons (Fsp3) is 0.0800. The molecular weight excluding hydrogens is 479 g/mol. The van der Waals surface area contributed by atoms with Crippen molar-refractivity contribution in [3.63, 3.8) is 0 Å². The fourth-order valence-corrected chi connectivity index (χ4v) is 3.61. The molecule has 3 aromatic carbocycles. The van der Waals surface area contributed by atoms with Crippen LogP contribution in [0.25, 0.3) is 6.08 Å². The van der Waals surface area contributed by atoms with Crippen LogP contribution >= 0.6 is 23.2 Å². The highest BCUT2D eigenvalue weighted by Gasteiger charge is 2.37. The second kappa shape index (κ2) is 9.99. The lowest BCUT2D eigenvalue weighted by molar-refractivity contribution is -0.122. The maximum absolute atomic E-state index is 13.1. The van der Waals surface area contributed by atoms with E-state index in [1.807, 2.05) is 12.1 Å². The molecule has 1 aliphatic rings. The molecule has 172 valence electrons. The van der Waals surface area contributed by atoms with Crippen molar-refractivity contribution in [2.45, 2.75) is 6.61 Å². The molecule has 4 rings (SSSR count). The lowest BCUT2D eigenvalue weighted by atomic mass is 10.1. The third-order valence-corrected chi connectivity index (χ3v) is 5.49. The van der Waals surface area contributed by atoms with Crippen molar-refractivity contribution in [1.29, 1.82) is 0 Å². The standard InChI is InChI=1S/C25H18Cl2N2O5/c1-33-22-11-6-18(27)12-16(22)13-21-23(30)28-25(32)29(24(21)31)19-7-9-20(10-8-19)34-14-15-2-4-17(26)5-3-15/h2-13H,14H2,1H3,(H,28,30,32)/b21-13+. The Morgan fingerprint density at radius 2 is 1.59 bits per heavy atom. The summed E-state index contributed by atoms with van der Waals surface area (Å²) in [6.45, 7) is 0.322. The smallest absolute Gasteiger partial charge is 0.335 e. The second-order valence-corrected chi connectivity index (χ2v) is 8.13. The summed E-state index contributed by atoms with van der Waals surface area (Å²) >= 11 is 11.9. The van der Waals surface area contributed by atoms with Gasteiger partial charge in [0.15, 0.2) is 0 Å². The summed E-state index contributed by atoms with van der Waals surface area (Å²) in [5.41, 5.74) is 1.40. The summed E-state index contributed by atoms with van der Waals surface area (Å²) in [7, 11) is 1.46. The van der Waals surface area contributed by atoms with E-state index in [-0.39, 0.29) is 11.3 Å². The van der Waals surface area contributed by atoms with E-state index in [1.54, 1.807) is 54.6 Å². The molecular formula is C25H18Cl2N2O5. The van der Waals surface area contributed by atoms with Crippen molar-refractivity contribution >= 4 is 52.8 Å². The summed E-state index contributed by atoms with van der Waals surface area (Å²) in [6, 6.07) is 17.6. The molecule has 3 aromatic rings. The van der Waals surface area contributed by atoms with Crippen LogP contribution in [0.4, 0.5) is 10.5 Å². The fourth-order valence-electron chi connectivity index (χ4n) is 3.30. The van der Waals surface area contributed by atoms with Crippen LogP contribution in [-0.2, 0) is 16.2 Å². The Morgan fingerprint density at radius 3 is 2.26 bits per heavy atom. The lowest BCUT2D eigenvalue weighted by Gasteiger charge is -2.26. The predicted octanol–water partition coefficient (Wildman–Crippen LogP) is 5.25. The summed E-state index contributed by atoms with van der Waals surface area (Å²) in [5, 5.41) is 3.23. The zero-order chi connectivity index (χ0) is 24.2. The van der Waals surface area contributed by atoms with Crippen LogP contribution in [-0.4, -0.2) is 25.0 Å². The summed E-state index contributed by atoms with van der Waals surface area (Å²) in [4.78, 5) is 38.9. The van der Waals surface area contributed by atoms with E-state index < -0.39 is 17.8 Å². The normalized spacial score (nSPS) is 14.9. The first-order valence-electron chi connectivity index (χ1n) is 10.1. The number of urea groups is 1. The topological polar surface area (TPSA) is 84.9 Å². The van der Waals surface area contributed by atoms with Gasteiger partial charge in [-0.3, -0.25) is 14.9 Å². The van der Waals surface area contributed by atoms with Gasteiger partial charge in [0.1, 0.15) is 23.7 Å². The monoisotopic (exact) mass is 496 g/mol. The van der Waals surface area contributed by atoms with Gasteiger partial charge in [0.2, 0.25) is 0 Å². The minimum atomic E-state index is -0.847. The molecule has 1 aliphatic heterocycles. The first kappa shape index (κ1) is 23.4. The highest BCUT2D eigenvalue weighted by Crippen LogP contribution is 2.28. The number of ether oxygens (including phenoxy) is 2. The average Bonchev–Trinajstić information content (AvgIpc) is 2.82. The number of nitrogens with one attached hydrogen (secondary N) is 1. The van der Waals surface area contributed by atoms with Crippen LogP contribution in [0.15, 0.2) is 72.3 Å². The van der Waals surface area contributed by atoms with Crippen LogP contribution < -0.4 is 19.7 Å². The van der Waals surface area contributed by atoms with E-state index in [0.717, 1.165) is 10.5 Å². The summed E-state index contributed by atoms with van der Waals surface area (Å²) in [6.07, 6.45) is 1.34. The van der Waals surface area contributed by atoms with E-state index in [1.165, 1.54) is 13.2 Å². The molecule has 9 heteroatoms. The number of carbonyl (C=O) groups is 3. The third-order valence-electron chi connectivity index (χ3n) is 5.01. The Balaban J connectivity index is 1.56. The highest BCUT2D eigenvalue weighted by molar-refractivity contribution is 6.39. The number of amides is 4. The van der Waals surface area contributed by atoms with Crippen LogP contribution in [0.2, 0.25) is 10.0 Å². The summed E-state index contributed by atoms with van der Waals surface area (Å²) < 4.78 is 11.0. The molecule has 0 spiro atoms. The van der Waals surface area contributed by atoms with Crippen LogP contribution in [0.3, 0.4) is 0 Å². The van der Waals surface area contributed by atoms with Crippen molar-refractivity contribution in [1.82, 2.24) is 5.32 Å². The zero-order valence-electron chi connectivity index (χ0n) is 17.9. The molecule has 1 fully saturated rings. The quantitative estimate of drug-likeness (QED) is 0.372. The minimum absolute atomic E-state index is 0.233. The van der Waals surface area contributed by atoms with Gasteiger partial charge in [-0.05, 0) is 66.2 Å². The molecule has 0 saturated carbocycles. The molecule has 1 saturated heterocycles. The number of anilines is 1. The first-order chi connectivity index (χ1) is 16.4. The van der Waals surface area contributed by atoms with Crippen molar-refractivity contribution in [3.05, 3.63) is 93.5 Å². The minimum Gasteiger partial charge on any atom is -0.496 e. The number of methoxy groups -OCH3 is 1. The zero-order valence-corrected chi connectivity index (χ0v) is 19.4. The van der Waals surface area contributed by atoms with Gasteiger partial charge in [-0.2, -0.15) is 0 Å². The number of rotatable bonds is 6. The van der Waals surface area contributed by atoms with Crippen molar-refractivity contribution in [2.24, 2.45) is 0 Å². The van der Waals surface area contributed by atoms with E-state index >= 15 is 0 Å². The van der Waals surface area contributed by atoms with Gasteiger partial charge in [0, 0.05) is 15.6 Å². The number of hydrogen-bond donors (Lipinski definition) is 1. The van der Waals surface area contributed by atoms with E-state index in [9.17, 15) is 14.4 Å². The van der Waals surface area contributed by atoms with E-state index in [4.69, 9.17) is 32.7 Å². The number of carbonyl (C=O) groups excluding carboxylic acids is 3. The molecule has 0 radical (unpaired) electrons. The van der Waals surface area contributed by atoms with Gasteiger partial charge in [-0.15, -0.1) is 0 Å². The van der Waals surface area contributed by atoms with Crippen LogP contribution in [0, 0.1) is 0 Å². The molecule has 0 aromatic heterocycles. The highest BCUT2D eigenvalue weighted by atomic mass is 35.5. The molecule has 0 unspecified atom stereocenters. The molecule has 0 atom stereocenters. The van der Waals surface area contributed by atoms with Gasteiger partial charge in [-0.1, -0.05) is 35.3 Å². The number of benzene rings is 3. The third kappa shape index (κ3) is 5.06. The Bertz CT molecular complexity index is 1290. The largest absolute Gasteiger partial charge is 0.496 e. The Morgan fingerprint density at radius 1 is 0.912 bits per heavy atom. The SMILES string of the molecule is COc1ccc(Cl)cc1/C=C1\C(=O)NC(=O)N(c2ccc(OCc3ccc(Cl)cc3)cc2)C1=O. The number of halogens is 2. The predicted molar refractivity (Wildman–Crippen MR) is 129 cm³/mol. The van der Waals surface area contributed by atoms with E-state index in [0.29, 0.717) is 33.7 Å². The van der Waals surface area contributed by atoms with Gasteiger partial charge < -0.3 is 9.47 Å². The number of barbiturate groups is 1. The maximum atomic E-state index is 13.1. The molecule has 34 heavy (non-hydrogen) atoms. The maximum Gasteiger partial charge on any atom is 0.335 e. The van der Waals surface area contributed by atoms with Crippen LogP contribution in [0.5, 0.6) is 11.5 Å². The molecule has 1 heterocycles. The Kier molecular flexibility index (Phi) is 6.86.